The fourth-order valence-corrected chi connectivity index (χ4v) is 3.51. The number of methoxy groups -OCH3 is 1. The molecule has 0 bridgehead atoms. The molecule has 2 aromatic rings. The second-order valence-corrected chi connectivity index (χ2v) is 8.42. The van der Waals surface area contributed by atoms with Crippen LogP contribution in [0.15, 0.2) is 47.4 Å². The number of ether oxygens (including phenoxy) is 1. The van der Waals surface area contributed by atoms with Gasteiger partial charge in [0.1, 0.15) is 10.7 Å². The van der Waals surface area contributed by atoms with Gasteiger partial charge in [-0.2, -0.15) is 8.42 Å². The Morgan fingerprint density at radius 3 is 2.21 bits per heavy atom. The first-order valence-electron chi connectivity index (χ1n) is 8.90. The van der Waals surface area contributed by atoms with Crippen LogP contribution in [0.5, 0.6) is 11.5 Å². The molecule has 0 heterocycles. The van der Waals surface area contributed by atoms with Crippen LogP contribution in [0, 0.1) is 5.82 Å². The van der Waals surface area contributed by atoms with Crippen LogP contribution in [0.1, 0.15) is 19.4 Å². The zero-order valence-corrected chi connectivity index (χ0v) is 17.9. The van der Waals surface area contributed by atoms with Gasteiger partial charge in [-0.25, -0.2) is 9.18 Å². The fraction of sp³-hybridized carbons (Fsp3) is 0.350. The smallest absolute Gasteiger partial charge is 0.339 e. The number of hydrogen-bond acceptors (Lipinski definition) is 5. The van der Waals surface area contributed by atoms with Gasteiger partial charge in [0, 0.05) is 26.7 Å². The maximum Gasteiger partial charge on any atom is 0.339 e. The quantitative estimate of drug-likeness (QED) is 0.636. The molecule has 0 saturated heterocycles. The number of carbonyl (C=O) groups is 1. The van der Waals surface area contributed by atoms with Gasteiger partial charge in [-0.1, -0.05) is 6.07 Å². The van der Waals surface area contributed by atoms with Gasteiger partial charge >= 0.3 is 16.1 Å². The van der Waals surface area contributed by atoms with Crippen molar-refractivity contribution in [3.63, 3.8) is 0 Å². The Bertz CT molecular complexity index is 959. The van der Waals surface area contributed by atoms with E-state index in [1.807, 2.05) is 13.8 Å². The Morgan fingerprint density at radius 2 is 1.69 bits per heavy atom. The van der Waals surface area contributed by atoms with Crippen molar-refractivity contribution in [2.45, 2.75) is 31.3 Å². The lowest BCUT2D eigenvalue weighted by Gasteiger charge is -2.30. The van der Waals surface area contributed by atoms with Crippen molar-refractivity contribution in [3.8, 4) is 11.5 Å². The van der Waals surface area contributed by atoms with Gasteiger partial charge in [0.25, 0.3) is 0 Å². The first-order valence-corrected chi connectivity index (χ1v) is 10.3. The van der Waals surface area contributed by atoms with Crippen molar-refractivity contribution in [1.82, 2.24) is 9.80 Å². The summed E-state index contributed by atoms with van der Waals surface area (Å²) in [5.74, 6) is -0.354. The van der Waals surface area contributed by atoms with Crippen molar-refractivity contribution in [2.75, 3.05) is 21.2 Å². The van der Waals surface area contributed by atoms with E-state index in [1.54, 1.807) is 31.1 Å². The molecular formula is C20H25FN2O5S. The Labute approximate surface area is 170 Å². The van der Waals surface area contributed by atoms with E-state index in [-0.39, 0.29) is 35.0 Å². The molecule has 0 radical (unpaired) electrons. The summed E-state index contributed by atoms with van der Waals surface area (Å²) < 4.78 is 48.6. The molecule has 2 amide bonds. The number of carbonyl (C=O) groups excluding carboxylic acids is 1. The average molecular weight is 424 g/mol. The van der Waals surface area contributed by atoms with Crippen LogP contribution in [-0.2, 0) is 16.7 Å². The van der Waals surface area contributed by atoms with Gasteiger partial charge in [-0.15, -0.1) is 0 Å². The van der Waals surface area contributed by atoms with E-state index in [0.29, 0.717) is 5.56 Å². The van der Waals surface area contributed by atoms with E-state index < -0.39 is 15.9 Å². The molecule has 9 heteroatoms. The molecule has 0 N–H and O–H groups in total. The van der Waals surface area contributed by atoms with E-state index in [9.17, 15) is 17.6 Å². The molecule has 0 aliphatic rings. The summed E-state index contributed by atoms with van der Waals surface area (Å²) >= 11 is 0. The van der Waals surface area contributed by atoms with E-state index >= 15 is 0 Å². The first kappa shape index (κ1) is 22.5. The van der Waals surface area contributed by atoms with E-state index in [0.717, 1.165) is 24.3 Å². The molecular weight excluding hydrogens is 399 g/mol. The topological polar surface area (TPSA) is 76.2 Å². The molecule has 0 spiro atoms. The van der Waals surface area contributed by atoms with Crippen molar-refractivity contribution < 1.29 is 26.5 Å². The second kappa shape index (κ2) is 9.13. The average Bonchev–Trinajstić information content (AvgIpc) is 2.65. The first-order chi connectivity index (χ1) is 13.5. The molecule has 2 rings (SSSR count). The van der Waals surface area contributed by atoms with Crippen LogP contribution >= 0.6 is 0 Å². The molecule has 158 valence electrons. The van der Waals surface area contributed by atoms with Gasteiger partial charge in [-0.05, 0) is 55.8 Å². The van der Waals surface area contributed by atoms with Crippen LogP contribution < -0.4 is 8.92 Å². The van der Waals surface area contributed by atoms with E-state index in [1.165, 1.54) is 18.1 Å². The molecule has 0 saturated carbocycles. The van der Waals surface area contributed by atoms with Gasteiger partial charge < -0.3 is 18.7 Å². The minimum Gasteiger partial charge on any atom is -0.493 e. The highest BCUT2D eigenvalue weighted by Gasteiger charge is 2.22. The van der Waals surface area contributed by atoms with Crippen molar-refractivity contribution in [3.05, 3.63) is 53.8 Å². The lowest BCUT2D eigenvalue weighted by atomic mass is 10.1. The van der Waals surface area contributed by atoms with Crippen LogP contribution in [0.2, 0.25) is 0 Å². The highest BCUT2D eigenvalue weighted by atomic mass is 32.2. The lowest BCUT2D eigenvalue weighted by molar-refractivity contribution is 0.153. The molecule has 0 fully saturated rings. The van der Waals surface area contributed by atoms with Crippen molar-refractivity contribution in [1.29, 1.82) is 0 Å². The summed E-state index contributed by atoms with van der Waals surface area (Å²) in [5.41, 5.74) is 0.666. The monoisotopic (exact) mass is 424 g/mol. The Balaban J connectivity index is 2.35. The molecule has 0 atom stereocenters. The summed E-state index contributed by atoms with van der Waals surface area (Å²) in [7, 11) is 0.526. The Kier molecular flexibility index (Phi) is 7.07. The lowest BCUT2D eigenvalue weighted by Crippen LogP contribution is -2.42. The third-order valence-electron chi connectivity index (χ3n) is 4.13. The number of rotatable bonds is 7. The van der Waals surface area contributed by atoms with Crippen LogP contribution in [0.3, 0.4) is 0 Å². The third-order valence-corrected chi connectivity index (χ3v) is 5.38. The number of urea groups is 1. The predicted molar refractivity (Wildman–Crippen MR) is 107 cm³/mol. The number of benzene rings is 2. The molecule has 7 nitrogen and oxygen atoms in total. The number of nitrogens with zero attached hydrogens (tertiary/aromatic N) is 2. The summed E-state index contributed by atoms with van der Waals surface area (Å²) in [5, 5.41) is 0. The maximum absolute atomic E-state index is 13.1. The Morgan fingerprint density at radius 1 is 1.07 bits per heavy atom. The van der Waals surface area contributed by atoms with Gasteiger partial charge in [0.15, 0.2) is 11.5 Å². The number of hydrogen-bond donors (Lipinski definition) is 0. The highest BCUT2D eigenvalue weighted by Crippen LogP contribution is 2.31. The standard InChI is InChI=1S/C20H25FN2O5S/c1-14(2)23(20(24)22(3)4)13-15-6-11-18(27-5)19(12-15)28-29(25,26)17-9-7-16(21)8-10-17/h6-12,14H,13H2,1-5H3. The SMILES string of the molecule is COc1ccc(CN(C(=O)N(C)C)C(C)C)cc1OS(=O)(=O)c1ccc(F)cc1. The minimum absolute atomic E-state index is 0.0182. The fourth-order valence-electron chi connectivity index (χ4n) is 2.58. The van der Waals surface area contributed by atoms with Crippen LogP contribution in [-0.4, -0.2) is 51.5 Å². The predicted octanol–water partition coefficient (Wildman–Crippen LogP) is 3.49. The molecule has 0 aliphatic carbocycles. The second-order valence-electron chi connectivity index (χ2n) is 6.88. The zero-order chi connectivity index (χ0) is 21.8. The molecule has 0 unspecified atom stereocenters. The summed E-state index contributed by atoms with van der Waals surface area (Å²) in [4.78, 5) is 15.3. The van der Waals surface area contributed by atoms with Crippen molar-refractivity contribution >= 4 is 16.1 Å². The Hall–Kier alpha value is -2.81. The number of halogens is 1. The molecule has 0 aromatic heterocycles. The van der Waals surface area contributed by atoms with Crippen LogP contribution in [0.25, 0.3) is 0 Å². The molecule has 29 heavy (non-hydrogen) atoms. The van der Waals surface area contributed by atoms with Gasteiger partial charge in [-0.3, -0.25) is 0 Å². The van der Waals surface area contributed by atoms with Crippen LogP contribution in [0.4, 0.5) is 9.18 Å². The number of amides is 2. The maximum atomic E-state index is 13.1. The summed E-state index contributed by atoms with van der Waals surface area (Å²) in [6.07, 6.45) is 0. The normalized spacial score (nSPS) is 11.3. The third kappa shape index (κ3) is 5.60. The van der Waals surface area contributed by atoms with E-state index in [4.69, 9.17) is 8.92 Å². The summed E-state index contributed by atoms with van der Waals surface area (Å²) in [6.45, 7) is 4.04. The zero-order valence-electron chi connectivity index (χ0n) is 17.0. The molecule has 0 aliphatic heterocycles. The minimum atomic E-state index is -4.19. The van der Waals surface area contributed by atoms with E-state index in [2.05, 4.69) is 0 Å². The molecule has 2 aromatic carbocycles. The summed E-state index contributed by atoms with van der Waals surface area (Å²) in [6, 6.07) is 8.90. The highest BCUT2D eigenvalue weighted by molar-refractivity contribution is 7.87. The van der Waals surface area contributed by atoms with Gasteiger partial charge in [0.2, 0.25) is 0 Å². The van der Waals surface area contributed by atoms with Gasteiger partial charge in [0.05, 0.1) is 7.11 Å². The largest absolute Gasteiger partial charge is 0.493 e. The van der Waals surface area contributed by atoms with Crippen molar-refractivity contribution in [2.24, 2.45) is 0 Å².